The largest absolute Gasteiger partial charge is 0.393 e. The molecule has 4 aliphatic carbocycles. The van der Waals surface area contributed by atoms with Gasteiger partial charge in [-0.2, -0.15) is 0 Å². The Balaban J connectivity index is 1.47. The average Bonchev–Trinajstić information content (AvgIpc) is 3.17. The van der Waals surface area contributed by atoms with Crippen molar-refractivity contribution in [1.82, 2.24) is 0 Å². The van der Waals surface area contributed by atoms with Crippen molar-refractivity contribution >= 4 is 0 Å². The molecule has 4 fully saturated rings. The zero-order chi connectivity index (χ0) is 16.7. The van der Waals surface area contributed by atoms with Crippen LogP contribution in [0, 0.1) is 34.5 Å². The number of rotatable bonds is 1. The zero-order valence-electron chi connectivity index (χ0n) is 15.7. The summed E-state index contributed by atoms with van der Waals surface area (Å²) in [6.45, 7) is 8.49. The van der Waals surface area contributed by atoms with E-state index in [1.807, 2.05) is 0 Å². The van der Waals surface area contributed by atoms with Crippen LogP contribution in [0.5, 0.6) is 0 Å². The number of epoxide rings is 1. The van der Waals surface area contributed by atoms with Gasteiger partial charge in [0.1, 0.15) is 0 Å². The number of aliphatic hydroxyl groups is 1. The minimum Gasteiger partial charge on any atom is -0.393 e. The van der Waals surface area contributed by atoms with Crippen molar-refractivity contribution in [2.24, 2.45) is 34.5 Å². The van der Waals surface area contributed by atoms with Gasteiger partial charge in [0, 0.05) is 0 Å². The van der Waals surface area contributed by atoms with Crippen LogP contribution in [-0.2, 0) is 4.74 Å². The first-order valence-electron chi connectivity index (χ1n) is 10.4. The fourth-order valence-electron chi connectivity index (χ4n) is 7.96. The molecule has 2 nitrogen and oxygen atoms in total. The van der Waals surface area contributed by atoms with E-state index in [1.165, 1.54) is 38.5 Å². The summed E-state index contributed by atoms with van der Waals surface area (Å²) in [5.74, 6) is 3.40. The van der Waals surface area contributed by atoms with Gasteiger partial charge in [-0.05, 0) is 92.8 Å². The van der Waals surface area contributed by atoms with E-state index < -0.39 is 0 Å². The Morgan fingerprint density at radius 2 is 1.83 bits per heavy atom. The smallest absolute Gasteiger partial charge is 0.0921 e. The molecule has 1 aliphatic heterocycles. The quantitative estimate of drug-likeness (QED) is 0.557. The molecule has 0 bridgehead atoms. The van der Waals surface area contributed by atoms with E-state index in [0.29, 0.717) is 10.8 Å². The highest BCUT2D eigenvalue weighted by molar-refractivity contribution is 5.26. The molecule has 0 unspecified atom stereocenters. The molecular weight excluding hydrogens is 296 g/mol. The minimum atomic E-state index is -0.0856. The lowest BCUT2D eigenvalue weighted by Gasteiger charge is -2.58. The van der Waals surface area contributed by atoms with Crippen LogP contribution >= 0.6 is 0 Å². The Labute approximate surface area is 147 Å². The van der Waals surface area contributed by atoms with Gasteiger partial charge in [0.15, 0.2) is 0 Å². The van der Waals surface area contributed by atoms with Crippen molar-refractivity contribution in [3.8, 4) is 0 Å². The van der Waals surface area contributed by atoms with Gasteiger partial charge in [-0.15, -0.1) is 0 Å². The van der Waals surface area contributed by atoms with E-state index in [-0.39, 0.29) is 11.7 Å². The van der Waals surface area contributed by atoms with Gasteiger partial charge in [0.2, 0.25) is 0 Å². The lowest BCUT2D eigenvalue weighted by Crippen LogP contribution is -2.51. The fourth-order valence-corrected chi connectivity index (χ4v) is 7.96. The van der Waals surface area contributed by atoms with Crippen LogP contribution in [0.15, 0.2) is 11.6 Å². The van der Waals surface area contributed by atoms with Crippen molar-refractivity contribution in [3.63, 3.8) is 0 Å². The van der Waals surface area contributed by atoms with Gasteiger partial charge < -0.3 is 9.84 Å². The minimum absolute atomic E-state index is 0.0856. The summed E-state index contributed by atoms with van der Waals surface area (Å²) in [5, 5.41) is 10.1. The maximum absolute atomic E-state index is 10.1. The predicted octanol–water partition coefficient (Wildman–Crippen LogP) is 4.72. The van der Waals surface area contributed by atoms with Gasteiger partial charge >= 0.3 is 0 Å². The highest BCUT2D eigenvalue weighted by Crippen LogP contribution is 2.68. The monoisotopic (exact) mass is 330 g/mol. The molecule has 24 heavy (non-hydrogen) atoms. The van der Waals surface area contributed by atoms with Crippen LogP contribution in [0.25, 0.3) is 0 Å². The van der Waals surface area contributed by atoms with Crippen LogP contribution in [0.3, 0.4) is 0 Å². The van der Waals surface area contributed by atoms with E-state index >= 15 is 0 Å². The number of hydrogen-bond donors (Lipinski definition) is 1. The fraction of sp³-hybridized carbons (Fsp3) is 0.909. The van der Waals surface area contributed by atoms with Crippen LogP contribution < -0.4 is 0 Å². The van der Waals surface area contributed by atoms with Gasteiger partial charge in [-0.3, -0.25) is 0 Å². The molecule has 8 atom stereocenters. The first kappa shape index (κ1) is 15.9. The Kier molecular flexibility index (Phi) is 3.23. The van der Waals surface area contributed by atoms with Crippen LogP contribution in [-0.4, -0.2) is 23.4 Å². The lowest BCUT2D eigenvalue weighted by molar-refractivity contribution is -0.0595. The number of ether oxygens (including phenoxy) is 1. The Morgan fingerprint density at radius 3 is 2.58 bits per heavy atom. The molecule has 0 aromatic rings. The summed E-state index contributed by atoms with van der Waals surface area (Å²) in [6, 6.07) is 0. The van der Waals surface area contributed by atoms with Crippen molar-refractivity contribution in [3.05, 3.63) is 11.6 Å². The molecular formula is C22H34O2. The van der Waals surface area contributed by atoms with E-state index in [4.69, 9.17) is 4.74 Å². The van der Waals surface area contributed by atoms with Crippen molar-refractivity contribution in [2.45, 2.75) is 83.8 Å². The zero-order valence-corrected chi connectivity index (χ0v) is 15.7. The topological polar surface area (TPSA) is 32.8 Å². The van der Waals surface area contributed by atoms with E-state index in [2.05, 4.69) is 26.8 Å². The average molecular weight is 331 g/mol. The number of allylic oxidation sites excluding steroid dienone is 1. The first-order chi connectivity index (χ1) is 11.4. The van der Waals surface area contributed by atoms with Crippen molar-refractivity contribution < 1.29 is 9.84 Å². The number of fused-ring (bicyclic) bond motifs is 5. The summed E-state index contributed by atoms with van der Waals surface area (Å²) >= 11 is 0. The second-order valence-corrected chi connectivity index (χ2v) is 10.4. The van der Waals surface area contributed by atoms with Crippen LogP contribution in [0.2, 0.25) is 0 Å². The third kappa shape index (κ3) is 1.96. The van der Waals surface area contributed by atoms with E-state index in [0.717, 1.165) is 43.1 Å². The first-order valence-corrected chi connectivity index (χ1v) is 10.4. The summed E-state index contributed by atoms with van der Waals surface area (Å²) in [7, 11) is 0. The summed E-state index contributed by atoms with van der Waals surface area (Å²) in [5.41, 5.74) is 2.67. The molecule has 0 aromatic carbocycles. The van der Waals surface area contributed by atoms with Gasteiger partial charge in [0.05, 0.1) is 18.3 Å². The standard InChI is InChI=1S/C22H34O2/c1-20-10-8-15(23)12-14(20)4-5-16-17-6-7-19(22(3)13-24-22)21(17,2)11-9-18(16)20/h4,15-19,23H,5-13H2,1-3H3/t15-,16-,17-,18-,19-,20-,21-,22-/m0/s1. The van der Waals surface area contributed by atoms with Crippen LogP contribution in [0.1, 0.15) is 72.1 Å². The Morgan fingerprint density at radius 1 is 1.04 bits per heavy atom. The van der Waals surface area contributed by atoms with E-state index in [9.17, 15) is 5.11 Å². The molecule has 0 spiro atoms. The maximum atomic E-state index is 10.1. The molecule has 1 heterocycles. The van der Waals surface area contributed by atoms with Gasteiger partial charge in [-0.1, -0.05) is 25.5 Å². The Bertz CT molecular complexity index is 577. The lowest BCUT2D eigenvalue weighted by atomic mass is 9.47. The molecule has 0 radical (unpaired) electrons. The molecule has 5 rings (SSSR count). The number of hydrogen-bond acceptors (Lipinski definition) is 2. The third-order valence-electron chi connectivity index (χ3n) is 9.41. The number of aliphatic hydroxyl groups excluding tert-OH is 1. The molecule has 1 saturated heterocycles. The third-order valence-corrected chi connectivity index (χ3v) is 9.41. The molecule has 0 aromatic heterocycles. The van der Waals surface area contributed by atoms with Crippen molar-refractivity contribution in [1.29, 1.82) is 0 Å². The van der Waals surface area contributed by atoms with Gasteiger partial charge in [-0.25, -0.2) is 0 Å². The summed E-state index contributed by atoms with van der Waals surface area (Å²) < 4.78 is 5.91. The molecule has 5 aliphatic rings. The molecule has 3 saturated carbocycles. The molecule has 2 heteroatoms. The van der Waals surface area contributed by atoms with Crippen LogP contribution in [0.4, 0.5) is 0 Å². The second kappa shape index (κ2) is 4.88. The molecule has 1 N–H and O–H groups in total. The second-order valence-electron chi connectivity index (χ2n) is 10.4. The normalized spacial score (nSPS) is 59.2. The van der Waals surface area contributed by atoms with E-state index in [1.54, 1.807) is 5.57 Å². The van der Waals surface area contributed by atoms with Crippen molar-refractivity contribution in [2.75, 3.05) is 6.61 Å². The highest BCUT2D eigenvalue weighted by atomic mass is 16.6. The summed E-state index contributed by atoms with van der Waals surface area (Å²) in [6.07, 6.45) is 12.5. The highest BCUT2D eigenvalue weighted by Gasteiger charge is 2.64. The SMILES string of the molecule is C[C@]12CC[C@H]3[C@@H](CC=C4C[C@@H](O)CC[C@@]43C)[C@@H]1CC[C@@H]2[C@]1(C)CO1. The molecule has 134 valence electrons. The summed E-state index contributed by atoms with van der Waals surface area (Å²) in [4.78, 5) is 0. The van der Waals surface area contributed by atoms with Gasteiger partial charge in [0.25, 0.3) is 0 Å². The maximum Gasteiger partial charge on any atom is 0.0921 e. The Hall–Kier alpha value is -0.340. The predicted molar refractivity (Wildman–Crippen MR) is 95.6 cm³/mol. The molecule has 0 amide bonds.